The molecule has 2 rings (SSSR count). The van der Waals surface area contributed by atoms with Gasteiger partial charge in [0, 0.05) is 24.1 Å². The van der Waals surface area contributed by atoms with Crippen molar-refractivity contribution in [3.8, 4) is 11.3 Å². The van der Waals surface area contributed by atoms with Crippen LogP contribution in [0.15, 0.2) is 30.3 Å². The van der Waals surface area contributed by atoms with Crippen molar-refractivity contribution in [1.29, 1.82) is 0 Å². The van der Waals surface area contributed by atoms with Crippen LogP contribution >= 0.6 is 11.3 Å². The lowest BCUT2D eigenvalue weighted by molar-refractivity contribution is 0.119. The normalized spacial score (nSPS) is 12.5. The molecule has 0 spiro atoms. The van der Waals surface area contributed by atoms with E-state index >= 15 is 0 Å². The Morgan fingerprint density at radius 2 is 2.00 bits per heavy atom. The molecule has 1 aromatic carbocycles. The molecule has 4 heteroatoms. The molecule has 0 radical (unpaired) electrons. The number of hydrogen-bond donors (Lipinski definition) is 1. The lowest BCUT2D eigenvalue weighted by Crippen LogP contribution is -2.17. The smallest absolute Gasteiger partial charge is 0.122 e. The Morgan fingerprint density at radius 1 is 1.24 bits per heavy atom. The molecule has 1 heterocycles. The van der Waals surface area contributed by atoms with Gasteiger partial charge in [0.1, 0.15) is 11.1 Å². The monoisotopic (exact) mass is 304 g/mol. The molecule has 0 aliphatic carbocycles. The molecule has 21 heavy (non-hydrogen) atoms. The fraction of sp³-hybridized carbons (Fsp3) is 0.471. The van der Waals surface area contributed by atoms with Crippen molar-refractivity contribution >= 4 is 11.3 Å². The van der Waals surface area contributed by atoms with Crippen LogP contribution in [0.1, 0.15) is 36.3 Å². The van der Waals surface area contributed by atoms with Crippen molar-refractivity contribution in [2.75, 3.05) is 20.2 Å². The first-order chi connectivity index (χ1) is 10.3. The summed E-state index contributed by atoms with van der Waals surface area (Å²) >= 11 is 1.77. The van der Waals surface area contributed by atoms with Gasteiger partial charge in [-0.05, 0) is 26.3 Å². The summed E-state index contributed by atoms with van der Waals surface area (Å²) in [6, 6.07) is 10.4. The fourth-order valence-electron chi connectivity index (χ4n) is 2.14. The highest BCUT2D eigenvalue weighted by atomic mass is 32.1. The summed E-state index contributed by atoms with van der Waals surface area (Å²) in [5.41, 5.74) is 2.30. The lowest BCUT2D eigenvalue weighted by Gasteiger charge is -2.03. The van der Waals surface area contributed by atoms with Gasteiger partial charge in [-0.2, -0.15) is 0 Å². The van der Waals surface area contributed by atoms with Gasteiger partial charge in [0.15, 0.2) is 0 Å². The number of benzene rings is 1. The van der Waals surface area contributed by atoms with Crippen LogP contribution in [0.2, 0.25) is 0 Å². The van der Waals surface area contributed by atoms with E-state index in [1.54, 1.807) is 18.4 Å². The predicted molar refractivity (Wildman–Crippen MR) is 89.8 cm³/mol. The maximum Gasteiger partial charge on any atom is 0.122 e. The second kappa shape index (κ2) is 8.27. The molecule has 0 aliphatic rings. The van der Waals surface area contributed by atoms with Gasteiger partial charge in [-0.3, -0.25) is 0 Å². The average molecular weight is 304 g/mol. The SMILES string of the molecule is CCCNCCc1sc(C(C)OC)nc1-c1ccccc1. The minimum atomic E-state index is 0.0508. The molecule has 0 aliphatic heterocycles. The van der Waals surface area contributed by atoms with Gasteiger partial charge in [0.25, 0.3) is 0 Å². The molecule has 3 nitrogen and oxygen atoms in total. The molecule has 0 saturated carbocycles. The van der Waals surface area contributed by atoms with E-state index in [1.165, 1.54) is 16.9 Å². The number of nitrogens with one attached hydrogen (secondary N) is 1. The quantitative estimate of drug-likeness (QED) is 0.747. The van der Waals surface area contributed by atoms with Crippen LogP contribution in [0, 0.1) is 0 Å². The van der Waals surface area contributed by atoms with E-state index < -0.39 is 0 Å². The lowest BCUT2D eigenvalue weighted by atomic mass is 10.1. The predicted octanol–water partition coefficient (Wildman–Crippen LogP) is 4.06. The van der Waals surface area contributed by atoms with Crippen molar-refractivity contribution in [2.45, 2.75) is 32.8 Å². The zero-order valence-electron chi connectivity index (χ0n) is 13.1. The van der Waals surface area contributed by atoms with Crippen LogP contribution in [0.25, 0.3) is 11.3 Å². The van der Waals surface area contributed by atoms with E-state index in [-0.39, 0.29) is 6.10 Å². The third kappa shape index (κ3) is 4.37. The van der Waals surface area contributed by atoms with Gasteiger partial charge >= 0.3 is 0 Å². The second-order valence-electron chi connectivity index (χ2n) is 5.07. The Balaban J connectivity index is 2.21. The fourth-order valence-corrected chi connectivity index (χ4v) is 3.26. The maximum atomic E-state index is 5.42. The summed E-state index contributed by atoms with van der Waals surface area (Å²) in [5, 5.41) is 4.52. The van der Waals surface area contributed by atoms with Gasteiger partial charge in [0.2, 0.25) is 0 Å². The number of thiazole rings is 1. The standard InChI is InChI=1S/C17H24N2OS/c1-4-11-18-12-10-15-16(14-8-6-5-7-9-14)19-17(21-15)13(2)20-3/h5-9,13,18H,4,10-12H2,1-3H3. The summed E-state index contributed by atoms with van der Waals surface area (Å²) < 4.78 is 5.42. The van der Waals surface area contributed by atoms with Gasteiger partial charge in [0.05, 0.1) is 5.69 Å². The van der Waals surface area contributed by atoms with Crippen LogP contribution in [0.3, 0.4) is 0 Å². The average Bonchev–Trinajstić information content (AvgIpc) is 2.96. The van der Waals surface area contributed by atoms with Crippen molar-refractivity contribution < 1.29 is 4.74 Å². The van der Waals surface area contributed by atoms with Crippen LogP contribution in [-0.2, 0) is 11.2 Å². The number of methoxy groups -OCH3 is 1. The van der Waals surface area contributed by atoms with Gasteiger partial charge in [-0.1, -0.05) is 37.3 Å². The zero-order valence-corrected chi connectivity index (χ0v) is 13.9. The molecular weight excluding hydrogens is 280 g/mol. The first-order valence-electron chi connectivity index (χ1n) is 7.54. The maximum absolute atomic E-state index is 5.42. The zero-order chi connectivity index (χ0) is 15.1. The summed E-state index contributed by atoms with van der Waals surface area (Å²) in [7, 11) is 1.73. The summed E-state index contributed by atoms with van der Waals surface area (Å²) in [6.45, 7) is 6.30. The topological polar surface area (TPSA) is 34.1 Å². The van der Waals surface area contributed by atoms with Crippen molar-refractivity contribution in [3.05, 3.63) is 40.2 Å². The molecule has 0 amide bonds. The Labute approximate surface area is 131 Å². The number of ether oxygens (including phenoxy) is 1. The van der Waals surface area contributed by atoms with E-state index in [9.17, 15) is 0 Å². The molecular formula is C17H24N2OS. The van der Waals surface area contributed by atoms with Gasteiger partial charge < -0.3 is 10.1 Å². The van der Waals surface area contributed by atoms with E-state index in [0.717, 1.165) is 30.2 Å². The van der Waals surface area contributed by atoms with E-state index in [1.807, 2.05) is 13.0 Å². The van der Waals surface area contributed by atoms with Crippen molar-refractivity contribution in [1.82, 2.24) is 10.3 Å². The first kappa shape index (κ1) is 16.1. The highest BCUT2D eigenvalue weighted by Gasteiger charge is 2.16. The molecule has 1 unspecified atom stereocenters. The minimum absolute atomic E-state index is 0.0508. The molecule has 0 saturated heterocycles. The molecule has 1 atom stereocenters. The minimum Gasteiger partial charge on any atom is -0.375 e. The Morgan fingerprint density at radius 3 is 2.67 bits per heavy atom. The third-order valence-corrected chi connectivity index (χ3v) is 4.69. The first-order valence-corrected chi connectivity index (χ1v) is 8.36. The van der Waals surface area contributed by atoms with Crippen molar-refractivity contribution in [3.63, 3.8) is 0 Å². The molecule has 2 aromatic rings. The Kier molecular flexibility index (Phi) is 6.36. The van der Waals surface area contributed by atoms with E-state index in [4.69, 9.17) is 9.72 Å². The summed E-state index contributed by atoms with van der Waals surface area (Å²) in [5.74, 6) is 0. The molecule has 0 bridgehead atoms. The number of rotatable bonds is 8. The van der Waals surface area contributed by atoms with Crippen molar-refractivity contribution in [2.24, 2.45) is 0 Å². The third-order valence-electron chi connectivity index (χ3n) is 3.42. The van der Waals surface area contributed by atoms with E-state index in [0.29, 0.717) is 0 Å². The van der Waals surface area contributed by atoms with Crippen LogP contribution in [0.4, 0.5) is 0 Å². The second-order valence-corrected chi connectivity index (χ2v) is 6.18. The number of aromatic nitrogens is 1. The van der Waals surface area contributed by atoms with Crippen LogP contribution < -0.4 is 5.32 Å². The largest absolute Gasteiger partial charge is 0.375 e. The Bertz CT molecular complexity index is 539. The summed E-state index contributed by atoms with van der Waals surface area (Å²) in [6.07, 6.45) is 2.23. The van der Waals surface area contributed by atoms with Gasteiger partial charge in [-0.15, -0.1) is 11.3 Å². The number of nitrogens with zero attached hydrogens (tertiary/aromatic N) is 1. The van der Waals surface area contributed by atoms with Crippen LogP contribution in [0.5, 0.6) is 0 Å². The molecule has 1 aromatic heterocycles. The molecule has 114 valence electrons. The summed E-state index contributed by atoms with van der Waals surface area (Å²) in [4.78, 5) is 6.15. The van der Waals surface area contributed by atoms with Crippen LogP contribution in [-0.4, -0.2) is 25.2 Å². The van der Waals surface area contributed by atoms with E-state index in [2.05, 4.69) is 36.5 Å². The van der Waals surface area contributed by atoms with Gasteiger partial charge in [-0.25, -0.2) is 4.98 Å². The molecule has 1 N–H and O–H groups in total. The highest BCUT2D eigenvalue weighted by molar-refractivity contribution is 7.12. The highest BCUT2D eigenvalue weighted by Crippen LogP contribution is 2.32. The Hall–Kier alpha value is -1.23. The number of hydrogen-bond acceptors (Lipinski definition) is 4. The molecule has 0 fully saturated rings.